The SMILES string of the molecule is CCNC(=NCc1ccccn1)N1CCC2(CCOC2)C1.I. The second kappa shape index (κ2) is 8.10. The monoisotopic (exact) mass is 416 g/mol. The van der Waals surface area contributed by atoms with Crippen LogP contribution in [0.5, 0.6) is 0 Å². The van der Waals surface area contributed by atoms with Crippen molar-refractivity contribution in [3.63, 3.8) is 0 Å². The van der Waals surface area contributed by atoms with Crippen LogP contribution in [0, 0.1) is 5.41 Å². The highest BCUT2D eigenvalue weighted by atomic mass is 127. The molecule has 2 aliphatic rings. The van der Waals surface area contributed by atoms with E-state index in [9.17, 15) is 0 Å². The van der Waals surface area contributed by atoms with Crippen molar-refractivity contribution < 1.29 is 4.74 Å². The molecule has 2 fully saturated rings. The van der Waals surface area contributed by atoms with Gasteiger partial charge in [0.1, 0.15) is 0 Å². The van der Waals surface area contributed by atoms with Crippen LogP contribution in [0.1, 0.15) is 25.5 Å². The Kier molecular flexibility index (Phi) is 6.43. The van der Waals surface area contributed by atoms with E-state index in [-0.39, 0.29) is 24.0 Å². The minimum Gasteiger partial charge on any atom is -0.381 e. The van der Waals surface area contributed by atoms with Crippen LogP contribution >= 0.6 is 24.0 Å². The highest BCUT2D eigenvalue weighted by molar-refractivity contribution is 14.0. The first-order chi connectivity index (χ1) is 10.3. The van der Waals surface area contributed by atoms with Gasteiger partial charge in [0, 0.05) is 37.9 Å². The molecule has 1 unspecified atom stereocenters. The highest BCUT2D eigenvalue weighted by Gasteiger charge is 2.42. The maximum atomic E-state index is 5.60. The summed E-state index contributed by atoms with van der Waals surface area (Å²) in [6, 6.07) is 5.96. The predicted octanol–water partition coefficient (Wildman–Crippen LogP) is 2.28. The number of pyridine rings is 1. The van der Waals surface area contributed by atoms with E-state index in [0.717, 1.165) is 44.5 Å². The first-order valence-electron chi connectivity index (χ1n) is 7.82. The van der Waals surface area contributed by atoms with Gasteiger partial charge in [-0.05, 0) is 31.9 Å². The first-order valence-corrected chi connectivity index (χ1v) is 7.82. The van der Waals surface area contributed by atoms with Crippen molar-refractivity contribution in [1.82, 2.24) is 15.2 Å². The Morgan fingerprint density at radius 2 is 2.36 bits per heavy atom. The zero-order valence-electron chi connectivity index (χ0n) is 13.1. The van der Waals surface area contributed by atoms with Crippen molar-refractivity contribution in [3.8, 4) is 0 Å². The third-order valence-electron chi connectivity index (χ3n) is 4.37. The lowest BCUT2D eigenvalue weighted by molar-refractivity contribution is 0.156. The Labute approximate surface area is 149 Å². The van der Waals surface area contributed by atoms with Gasteiger partial charge in [-0.15, -0.1) is 24.0 Å². The van der Waals surface area contributed by atoms with Crippen LogP contribution in [0.2, 0.25) is 0 Å². The second-order valence-electron chi connectivity index (χ2n) is 5.97. The number of ether oxygens (including phenoxy) is 1. The molecular formula is C16H25IN4O. The van der Waals surface area contributed by atoms with Crippen molar-refractivity contribution in [1.29, 1.82) is 0 Å². The molecule has 0 radical (unpaired) electrons. The van der Waals surface area contributed by atoms with E-state index in [4.69, 9.17) is 9.73 Å². The van der Waals surface area contributed by atoms with Gasteiger partial charge in [0.05, 0.1) is 18.8 Å². The predicted molar refractivity (Wildman–Crippen MR) is 98.5 cm³/mol. The number of hydrogen-bond donors (Lipinski definition) is 1. The minimum absolute atomic E-state index is 0. The minimum atomic E-state index is 0. The summed E-state index contributed by atoms with van der Waals surface area (Å²) in [5, 5.41) is 3.41. The molecule has 122 valence electrons. The van der Waals surface area contributed by atoms with Gasteiger partial charge in [0.2, 0.25) is 0 Å². The number of guanidine groups is 1. The molecule has 1 aromatic heterocycles. The van der Waals surface area contributed by atoms with Gasteiger partial charge in [-0.1, -0.05) is 6.07 Å². The fraction of sp³-hybridized carbons (Fsp3) is 0.625. The van der Waals surface area contributed by atoms with Gasteiger partial charge in [-0.2, -0.15) is 0 Å². The zero-order valence-corrected chi connectivity index (χ0v) is 15.5. The normalized spacial score (nSPS) is 24.6. The van der Waals surface area contributed by atoms with Gasteiger partial charge in [-0.25, -0.2) is 4.99 Å². The molecule has 0 aromatic carbocycles. The number of nitrogens with zero attached hydrogens (tertiary/aromatic N) is 3. The lowest BCUT2D eigenvalue weighted by atomic mass is 9.87. The lowest BCUT2D eigenvalue weighted by Gasteiger charge is -2.24. The van der Waals surface area contributed by atoms with E-state index in [1.165, 1.54) is 12.8 Å². The van der Waals surface area contributed by atoms with Crippen LogP contribution in [0.15, 0.2) is 29.4 Å². The number of rotatable bonds is 3. The summed E-state index contributed by atoms with van der Waals surface area (Å²) >= 11 is 0. The molecule has 1 atom stereocenters. The Balaban J connectivity index is 0.00000176. The molecule has 2 aliphatic heterocycles. The smallest absolute Gasteiger partial charge is 0.194 e. The molecule has 0 saturated carbocycles. The van der Waals surface area contributed by atoms with Gasteiger partial charge in [-0.3, -0.25) is 4.98 Å². The van der Waals surface area contributed by atoms with Crippen LogP contribution in [-0.2, 0) is 11.3 Å². The molecule has 5 nitrogen and oxygen atoms in total. The highest BCUT2D eigenvalue weighted by Crippen LogP contribution is 2.38. The summed E-state index contributed by atoms with van der Waals surface area (Å²) < 4.78 is 5.60. The molecule has 1 aromatic rings. The molecule has 1 N–H and O–H groups in total. The van der Waals surface area contributed by atoms with Gasteiger partial charge in [0.25, 0.3) is 0 Å². The summed E-state index contributed by atoms with van der Waals surface area (Å²) in [7, 11) is 0. The third-order valence-corrected chi connectivity index (χ3v) is 4.37. The number of aromatic nitrogens is 1. The van der Waals surface area contributed by atoms with E-state index in [0.29, 0.717) is 12.0 Å². The Bertz CT molecular complexity index is 488. The summed E-state index contributed by atoms with van der Waals surface area (Å²) in [4.78, 5) is 11.5. The lowest BCUT2D eigenvalue weighted by Crippen LogP contribution is -2.41. The maximum Gasteiger partial charge on any atom is 0.194 e. The van der Waals surface area contributed by atoms with Crippen LogP contribution in [0.4, 0.5) is 0 Å². The average Bonchev–Trinajstić information content (AvgIpc) is 3.15. The molecule has 0 aliphatic carbocycles. The topological polar surface area (TPSA) is 49.8 Å². The van der Waals surface area contributed by atoms with Crippen molar-refractivity contribution in [2.24, 2.45) is 10.4 Å². The zero-order chi connectivity index (χ0) is 14.5. The Morgan fingerprint density at radius 1 is 1.45 bits per heavy atom. The number of likely N-dealkylation sites (tertiary alicyclic amines) is 1. The van der Waals surface area contributed by atoms with Crippen molar-refractivity contribution >= 4 is 29.9 Å². The number of halogens is 1. The van der Waals surface area contributed by atoms with Crippen LogP contribution in [0.3, 0.4) is 0 Å². The molecule has 3 heterocycles. The van der Waals surface area contributed by atoms with Gasteiger partial charge in [0.15, 0.2) is 5.96 Å². The first kappa shape index (κ1) is 17.5. The maximum absolute atomic E-state index is 5.60. The number of nitrogens with one attached hydrogen (secondary N) is 1. The van der Waals surface area contributed by atoms with E-state index < -0.39 is 0 Å². The van der Waals surface area contributed by atoms with Crippen LogP contribution < -0.4 is 5.32 Å². The fourth-order valence-electron chi connectivity index (χ4n) is 3.16. The van der Waals surface area contributed by atoms with Crippen LogP contribution in [-0.4, -0.2) is 48.7 Å². The van der Waals surface area contributed by atoms with Gasteiger partial charge >= 0.3 is 0 Å². The quantitative estimate of drug-likeness (QED) is 0.467. The molecule has 22 heavy (non-hydrogen) atoms. The fourth-order valence-corrected chi connectivity index (χ4v) is 3.16. The molecule has 1 spiro atoms. The molecule has 0 bridgehead atoms. The van der Waals surface area contributed by atoms with E-state index in [1.54, 1.807) is 0 Å². The Morgan fingerprint density at radius 3 is 3.05 bits per heavy atom. The Hall–Kier alpha value is -0.890. The van der Waals surface area contributed by atoms with Gasteiger partial charge < -0.3 is 15.0 Å². The molecular weight excluding hydrogens is 391 g/mol. The van der Waals surface area contributed by atoms with Crippen molar-refractivity contribution in [3.05, 3.63) is 30.1 Å². The summed E-state index contributed by atoms with van der Waals surface area (Å²) in [5.41, 5.74) is 1.37. The standard InChI is InChI=1S/C16H24N4O.HI/c1-2-17-15(19-11-14-5-3-4-8-18-14)20-9-6-16(12-20)7-10-21-13-16;/h3-5,8H,2,6-7,9-13H2,1H3,(H,17,19);1H. The molecule has 3 rings (SSSR count). The molecule has 6 heteroatoms. The summed E-state index contributed by atoms with van der Waals surface area (Å²) in [5.74, 6) is 1.01. The summed E-state index contributed by atoms with van der Waals surface area (Å²) in [6.07, 6.45) is 4.21. The van der Waals surface area contributed by atoms with Crippen LogP contribution in [0.25, 0.3) is 0 Å². The number of hydrogen-bond acceptors (Lipinski definition) is 3. The van der Waals surface area contributed by atoms with E-state index in [2.05, 4.69) is 22.1 Å². The second-order valence-corrected chi connectivity index (χ2v) is 5.97. The van der Waals surface area contributed by atoms with E-state index in [1.807, 2.05) is 24.4 Å². The average molecular weight is 416 g/mol. The van der Waals surface area contributed by atoms with E-state index >= 15 is 0 Å². The molecule has 0 amide bonds. The van der Waals surface area contributed by atoms with Crippen molar-refractivity contribution in [2.45, 2.75) is 26.3 Å². The number of aliphatic imine (C=N–C) groups is 1. The third kappa shape index (κ3) is 4.10. The summed E-state index contributed by atoms with van der Waals surface area (Å²) in [6.45, 7) is 7.57. The van der Waals surface area contributed by atoms with Crippen molar-refractivity contribution in [2.75, 3.05) is 32.8 Å². The molecule has 2 saturated heterocycles. The largest absolute Gasteiger partial charge is 0.381 e.